The van der Waals surface area contributed by atoms with E-state index in [0.29, 0.717) is 12.4 Å². The van der Waals surface area contributed by atoms with Gasteiger partial charge in [0.1, 0.15) is 22.4 Å². The number of sulfonamides is 1. The number of pyridine rings is 2. The first-order chi connectivity index (χ1) is 12.0. The first-order valence-electron chi connectivity index (χ1n) is 7.58. The lowest BCUT2D eigenvalue weighted by atomic mass is 10.3. The molecule has 0 saturated carbocycles. The molecule has 130 valence electrons. The molecule has 3 aromatic heterocycles. The van der Waals surface area contributed by atoms with Crippen molar-refractivity contribution in [3.8, 4) is 5.82 Å². The standard InChI is InChI=1S/C16H18N6O2S/c1-12-18-7-8-22(12)16-6-3-13(10-21-16)9-19-15-5-4-14(11-20-15)25(23,24)17-2/h3-8,10-11,17H,9H2,1-2H3,(H,19,20). The zero-order valence-electron chi connectivity index (χ0n) is 13.8. The van der Waals surface area contributed by atoms with Gasteiger partial charge in [-0.15, -0.1) is 0 Å². The van der Waals surface area contributed by atoms with Crippen LogP contribution in [-0.2, 0) is 16.6 Å². The largest absolute Gasteiger partial charge is 0.366 e. The second kappa shape index (κ2) is 6.99. The van der Waals surface area contributed by atoms with Gasteiger partial charge in [-0.05, 0) is 37.7 Å². The van der Waals surface area contributed by atoms with E-state index in [1.807, 2.05) is 29.8 Å². The fourth-order valence-corrected chi connectivity index (χ4v) is 2.91. The molecule has 0 aliphatic rings. The quantitative estimate of drug-likeness (QED) is 0.692. The fraction of sp³-hybridized carbons (Fsp3) is 0.188. The Bertz CT molecular complexity index is 949. The van der Waals surface area contributed by atoms with Crippen molar-refractivity contribution in [1.29, 1.82) is 0 Å². The average molecular weight is 358 g/mol. The van der Waals surface area contributed by atoms with Gasteiger partial charge in [0.2, 0.25) is 10.0 Å². The van der Waals surface area contributed by atoms with E-state index in [9.17, 15) is 8.42 Å². The number of hydrogen-bond donors (Lipinski definition) is 2. The van der Waals surface area contributed by atoms with Crippen molar-refractivity contribution in [2.45, 2.75) is 18.4 Å². The molecule has 0 atom stereocenters. The van der Waals surface area contributed by atoms with Gasteiger partial charge in [0.15, 0.2) is 0 Å². The molecule has 0 aliphatic heterocycles. The number of imidazole rings is 1. The van der Waals surface area contributed by atoms with E-state index < -0.39 is 10.0 Å². The highest BCUT2D eigenvalue weighted by molar-refractivity contribution is 7.89. The van der Waals surface area contributed by atoms with Crippen LogP contribution in [0.1, 0.15) is 11.4 Å². The Morgan fingerprint density at radius 2 is 1.92 bits per heavy atom. The molecule has 0 bridgehead atoms. The van der Waals surface area contributed by atoms with E-state index in [0.717, 1.165) is 17.2 Å². The Labute approximate surface area is 146 Å². The second-order valence-electron chi connectivity index (χ2n) is 5.31. The third-order valence-electron chi connectivity index (χ3n) is 3.67. The van der Waals surface area contributed by atoms with Crippen molar-refractivity contribution in [2.24, 2.45) is 0 Å². The Balaban J connectivity index is 1.65. The molecule has 9 heteroatoms. The van der Waals surface area contributed by atoms with Gasteiger partial charge in [0.05, 0.1) is 0 Å². The predicted octanol–water partition coefficient (Wildman–Crippen LogP) is 1.49. The summed E-state index contributed by atoms with van der Waals surface area (Å²) in [5.41, 5.74) is 0.982. The smallest absolute Gasteiger partial charge is 0.241 e. The highest BCUT2D eigenvalue weighted by atomic mass is 32.2. The summed E-state index contributed by atoms with van der Waals surface area (Å²) in [6.45, 7) is 2.45. The van der Waals surface area contributed by atoms with Crippen molar-refractivity contribution >= 4 is 15.8 Å². The number of anilines is 1. The molecular weight excluding hydrogens is 340 g/mol. The lowest BCUT2D eigenvalue weighted by Gasteiger charge is -2.08. The monoisotopic (exact) mass is 358 g/mol. The van der Waals surface area contributed by atoms with Crippen LogP contribution in [0, 0.1) is 6.92 Å². The van der Waals surface area contributed by atoms with Crippen LogP contribution < -0.4 is 10.0 Å². The van der Waals surface area contributed by atoms with E-state index in [1.54, 1.807) is 18.5 Å². The van der Waals surface area contributed by atoms with Crippen LogP contribution >= 0.6 is 0 Å². The molecule has 0 unspecified atom stereocenters. The third-order valence-corrected chi connectivity index (χ3v) is 5.07. The Morgan fingerprint density at radius 1 is 1.08 bits per heavy atom. The van der Waals surface area contributed by atoms with Gasteiger partial charge in [0.25, 0.3) is 0 Å². The third kappa shape index (κ3) is 3.83. The maximum Gasteiger partial charge on any atom is 0.241 e. The van der Waals surface area contributed by atoms with Gasteiger partial charge >= 0.3 is 0 Å². The van der Waals surface area contributed by atoms with Gasteiger partial charge in [-0.3, -0.25) is 4.57 Å². The molecule has 0 fully saturated rings. The van der Waals surface area contributed by atoms with Crippen LogP contribution in [0.15, 0.2) is 53.9 Å². The van der Waals surface area contributed by atoms with Crippen molar-refractivity contribution < 1.29 is 8.42 Å². The van der Waals surface area contributed by atoms with Gasteiger partial charge < -0.3 is 5.32 Å². The molecule has 25 heavy (non-hydrogen) atoms. The minimum absolute atomic E-state index is 0.127. The number of aryl methyl sites for hydroxylation is 1. The normalized spacial score (nSPS) is 11.4. The summed E-state index contributed by atoms with van der Waals surface area (Å²) in [6.07, 6.45) is 6.69. The molecule has 3 aromatic rings. The maximum atomic E-state index is 11.7. The van der Waals surface area contributed by atoms with E-state index >= 15 is 0 Å². The molecule has 0 amide bonds. The number of nitrogens with zero attached hydrogens (tertiary/aromatic N) is 4. The molecule has 0 radical (unpaired) electrons. The van der Waals surface area contributed by atoms with E-state index in [4.69, 9.17) is 0 Å². The van der Waals surface area contributed by atoms with Gasteiger partial charge in [-0.1, -0.05) is 6.07 Å². The fourth-order valence-electron chi connectivity index (χ4n) is 2.24. The van der Waals surface area contributed by atoms with Crippen LogP contribution in [0.4, 0.5) is 5.82 Å². The highest BCUT2D eigenvalue weighted by Crippen LogP contribution is 2.12. The first-order valence-corrected chi connectivity index (χ1v) is 9.06. The van der Waals surface area contributed by atoms with Crippen molar-refractivity contribution in [3.63, 3.8) is 0 Å². The minimum atomic E-state index is -3.47. The van der Waals surface area contributed by atoms with E-state index in [1.165, 1.54) is 19.3 Å². The van der Waals surface area contributed by atoms with Crippen LogP contribution in [0.5, 0.6) is 0 Å². The van der Waals surface area contributed by atoms with Crippen LogP contribution in [0.25, 0.3) is 5.82 Å². The summed E-state index contributed by atoms with van der Waals surface area (Å²) in [4.78, 5) is 12.8. The second-order valence-corrected chi connectivity index (χ2v) is 7.20. The summed E-state index contributed by atoms with van der Waals surface area (Å²) in [6, 6.07) is 7.02. The van der Waals surface area contributed by atoms with Crippen molar-refractivity contribution in [3.05, 3.63) is 60.4 Å². The van der Waals surface area contributed by atoms with Gasteiger partial charge in [0, 0.05) is 31.3 Å². The number of rotatable bonds is 6. The molecule has 0 aliphatic carbocycles. The molecule has 2 N–H and O–H groups in total. The zero-order chi connectivity index (χ0) is 17.9. The molecule has 0 spiro atoms. The molecule has 0 aromatic carbocycles. The maximum absolute atomic E-state index is 11.7. The lowest BCUT2D eigenvalue weighted by molar-refractivity contribution is 0.588. The topological polar surface area (TPSA) is 102 Å². The molecule has 3 heterocycles. The molecule has 0 saturated heterocycles. The van der Waals surface area contributed by atoms with Gasteiger partial charge in [-0.25, -0.2) is 28.1 Å². The minimum Gasteiger partial charge on any atom is -0.366 e. The van der Waals surface area contributed by atoms with Crippen LogP contribution in [0.3, 0.4) is 0 Å². The van der Waals surface area contributed by atoms with E-state index in [-0.39, 0.29) is 4.90 Å². The number of aromatic nitrogens is 4. The summed E-state index contributed by atoms with van der Waals surface area (Å²) in [5.74, 6) is 2.27. The van der Waals surface area contributed by atoms with E-state index in [2.05, 4.69) is 25.0 Å². The van der Waals surface area contributed by atoms with Gasteiger partial charge in [-0.2, -0.15) is 0 Å². The Kier molecular flexibility index (Phi) is 4.77. The number of nitrogens with one attached hydrogen (secondary N) is 2. The first kappa shape index (κ1) is 17.1. The summed E-state index contributed by atoms with van der Waals surface area (Å²) in [7, 11) is -2.11. The van der Waals surface area contributed by atoms with Crippen LogP contribution in [-0.4, -0.2) is 35.0 Å². The molecule has 8 nitrogen and oxygen atoms in total. The van der Waals surface area contributed by atoms with Crippen molar-refractivity contribution in [1.82, 2.24) is 24.2 Å². The Hall–Kier alpha value is -2.78. The highest BCUT2D eigenvalue weighted by Gasteiger charge is 2.11. The summed E-state index contributed by atoms with van der Waals surface area (Å²) in [5, 5.41) is 3.14. The van der Waals surface area contributed by atoms with Crippen LogP contribution in [0.2, 0.25) is 0 Å². The lowest BCUT2D eigenvalue weighted by Crippen LogP contribution is -2.18. The predicted molar refractivity (Wildman–Crippen MR) is 93.9 cm³/mol. The zero-order valence-corrected chi connectivity index (χ0v) is 14.7. The van der Waals surface area contributed by atoms with Crippen molar-refractivity contribution in [2.75, 3.05) is 12.4 Å². The molecule has 3 rings (SSSR count). The summed E-state index contributed by atoms with van der Waals surface area (Å²) >= 11 is 0. The average Bonchev–Trinajstić information content (AvgIpc) is 3.07. The Morgan fingerprint density at radius 3 is 2.48 bits per heavy atom. The number of hydrogen-bond acceptors (Lipinski definition) is 6. The summed E-state index contributed by atoms with van der Waals surface area (Å²) < 4.78 is 27.5. The SMILES string of the molecule is CNS(=O)(=O)c1ccc(NCc2ccc(-n3ccnc3C)nc2)nc1. The molecular formula is C16H18N6O2S.